The number of nitrogens with zero attached hydrogens (tertiary/aromatic N) is 1. The summed E-state index contributed by atoms with van der Waals surface area (Å²) in [6.07, 6.45) is 0.294. The van der Waals surface area contributed by atoms with Crippen LogP contribution in [0.3, 0.4) is 0 Å². The predicted octanol–water partition coefficient (Wildman–Crippen LogP) is 3.98. The second-order valence-corrected chi connectivity index (χ2v) is 4.69. The number of halogens is 4. The summed E-state index contributed by atoms with van der Waals surface area (Å²) in [7, 11) is 0. The molecular formula is C11H11ClF3N. The Morgan fingerprint density at radius 2 is 2.06 bits per heavy atom. The first-order valence-electron chi connectivity index (χ1n) is 5.13. The van der Waals surface area contributed by atoms with E-state index in [1.807, 2.05) is 0 Å². The Bertz CT molecular complexity index is 378. The zero-order chi connectivity index (χ0) is 11.8. The maximum Gasteiger partial charge on any atom is 0.416 e. The van der Waals surface area contributed by atoms with Crippen molar-refractivity contribution in [3.8, 4) is 0 Å². The number of pyridine rings is 1. The SMILES string of the molecule is FC(F)(F)c1ccncc1C1CCC(Cl)C1. The highest BCUT2D eigenvalue weighted by Gasteiger charge is 2.36. The molecule has 1 aromatic rings. The summed E-state index contributed by atoms with van der Waals surface area (Å²) < 4.78 is 38.2. The highest BCUT2D eigenvalue weighted by atomic mass is 35.5. The van der Waals surface area contributed by atoms with E-state index in [1.165, 1.54) is 12.4 Å². The number of hydrogen-bond acceptors (Lipinski definition) is 1. The first kappa shape index (κ1) is 11.7. The minimum absolute atomic E-state index is 0.00807. The third-order valence-corrected chi connectivity index (χ3v) is 3.36. The van der Waals surface area contributed by atoms with Crippen LogP contribution in [0.2, 0.25) is 0 Å². The van der Waals surface area contributed by atoms with Gasteiger partial charge in [0, 0.05) is 17.8 Å². The van der Waals surface area contributed by atoms with Gasteiger partial charge in [0.2, 0.25) is 0 Å². The molecule has 5 heteroatoms. The van der Waals surface area contributed by atoms with Crippen molar-refractivity contribution in [2.45, 2.75) is 36.7 Å². The normalized spacial score (nSPS) is 26.0. The number of rotatable bonds is 1. The quantitative estimate of drug-likeness (QED) is 0.686. The summed E-state index contributed by atoms with van der Waals surface area (Å²) in [4.78, 5) is 3.79. The van der Waals surface area contributed by atoms with Gasteiger partial charge in [0.05, 0.1) is 5.56 Å². The standard InChI is InChI=1S/C11H11ClF3N/c12-8-2-1-7(5-8)9-6-16-4-3-10(9)11(13,14)15/h3-4,6-8H,1-2,5H2. The van der Waals surface area contributed by atoms with Crippen LogP contribution in [0.1, 0.15) is 36.3 Å². The predicted molar refractivity (Wildman–Crippen MR) is 55.5 cm³/mol. The van der Waals surface area contributed by atoms with E-state index in [2.05, 4.69) is 4.98 Å². The van der Waals surface area contributed by atoms with Crippen molar-refractivity contribution in [3.63, 3.8) is 0 Å². The topological polar surface area (TPSA) is 12.9 Å². The first-order valence-corrected chi connectivity index (χ1v) is 5.57. The van der Waals surface area contributed by atoms with Gasteiger partial charge >= 0.3 is 6.18 Å². The van der Waals surface area contributed by atoms with Crippen molar-refractivity contribution >= 4 is 11.6 Å². The molecule has 1 heterocycles. The summed E-state index contributed by atoms with van der Waals surface area (Å²) in [6.45, 7) is 0. The van der Waals surface area contributed by atoms with Crippen LogP contribution < -0.4 is 0 Å². The van der Waals surface area contributed by atoms with Gasteiger partial charge in [-0.3, -0.25) is 4.98 Å². The van der Waals surface area contributed by atoms with Crippen LogP contribution in [0.5, 0.6) is 0 Å². The molecule has 1 fully saturated rings. The van der Waals surface area contributed by atoms with Crippen molar-refractivity contribution < 1.29 is 13.2 Å². The van der Waals surface area contributed by atoms with E-state index in [4.69, 9.17) is 11.6 Å². The lowest BCUT2D eigenvalue weighted by molar-refractivity contribution is -0.138. The Hall–Kier alpha value is -0.770. The van der Waals surface area contributed by atoms with Gasteiger partial charge in [-0.1, -0.05) is 0 Å². The number of alkyl halides is 4. The van der Waals surface area contributed by atoms with Crippen LogP contribution in [0.25, 0.3) is 0 Å². The minimum atomic E-state index is -4.30. The van der Waals surface area contributed by atoms with Gasteiger partial charge in [-0.25, -0.2) is 0 Å². The fourth-order valence-corrected chi connectivity index (χ4v) is 2.54. The lowest BCUT2D eigenvalue weighted by Gasteiger charge is -2.16. The summed E-state index contributed by atoms with van der Waals surface area (Å²) in [6, 6.07) is 1.04. The van der Waals surface area contributed by atoms with Gasteiger partial charge in [-0.05, 0) is 36.8 Å². The molecule has 2 unspecified atom stereocenters. The second-order valence-electron chi connectivity index (χ2n) is 4.07. The average Bonchev–Trinajstić information content (AvgIpc) is 2.64. The first-order chi connectivity index (χ1) is 7.48. The van der Waals surface area contributed by atoms with Crippen LogP contribution in [0.15, 0.2) is 18.5 Å². The van der Waals surface area contributed by atoms with Gasteiger partial charge in [-0.2, -0.15) is 13.2 Å². The average molecular weight is 250 g/mol. The Labute approximate surface area is 96.6 Å². The molecule has 1 saturated carbocycles. The molecule has 88 valence electrons. The van der Waals surface area contributed by atoms with Crippen molar-refractivity contribution in [1.82, 2.24) is 4.98 Å². The molecule has 0 aromatic carbocycles. The fraction of sp³-hybridized carbons (Fsp3) is 0.545. The molecule has 1 aliphatic rings. The van der Waals surface area contributed by atoms with E-state index >= 15 is 0 Å². The van der Waals surface area contributed by atoms with Crippen molar-refractivity contribution in [2.24, 2.45) is 0 Å². The highest BCUT2D eigenvalue weighted by molar-refractivity contribution is 6.20. The maximum absolute atomic E-state index is 12.7. The maximum atomic E-state index is 12.7. The van der Waals surface area contributed by atoms with Gasteiger partial charge in [0.25, 0.3) is 0 Å². The molecule has 0 aliphatic heterocycles. The smallest absolute Gasteiger partial charge is 0.264 e. The Morgan fingerprint density at radius 1 is 1.31 bits per heavy atom. The Kier molecular flexibility index (Phi) is 3.10. The van der Waals surface area contributed by atoms with Crippen LogP contribution in [-0.4, -0.2) is 10.4 Å². The third kappa shape index (κ3) is 2.32. The van der Waals surface area contributed by atoms with E-state index in [0.717, 1.165) is 12.5 Å². The van der Waals surface area contributed by atoms with E-state index in [0.29, 0.717) is 12.8 Å². The molecule has 2 atom stereocenters. The Balaban J connectivity index is 2.34. The molecule has 0 saturated heterocycles. The van der Waals surface area contributed by atoms with Crippen LogP contribution in [0.4, 0.5) is 13.2 Å². The molecule has 0 N–H and O–H groups in total. The third-order valence-electron chi connectivity index (χ3n) is 2.97. The lowest BCUT2D eigenvalue weighted by Crippen LogP contribution is -2.11. The molecule has 0 spiro atoms. The Morgan fingerprint density at radius 3 is 2.62 bits per heavy atom. The van der Waals surface area contributed by atoms with E-state index in [1.54, 1.807) is 0 Å². The zero-order valence-corrected chi connectivity index (χ0v) is 9.22. The van der Waals surface area contributed by atoms with Crippen molar-refractivity contribution in [2.75, 3.05) is 0 Å². The molecule has 16 heavy (non-hydrogen) atoms. The monoisotopic (exact) mass is 249 g/mol. The fourth-order valence-electron chi connectivity index (χ4n) is 2.20. The second kappa shape index (κ2) is 4.24. The molecule has 1 aromatic heterocycles. The lowest BCUT2D eigenvalue weighted by atomic mass is 9.94. The molecular weight excluding hydrogens is 239 g/mol. The van der Waals surface area contributed by atoms with Crippen LogP contribution >= 0.6 is 11.6 Å². The van der Waals surface area contributed by atoms with E-state index in [9.17, 15) is 13.2 Å². The van der Waals surface area contributed by atoms with Gasteiger partial charge in [-0.15, -0.1) is 11.6 Å². The highest BCUT2D eigenvalue weighted by Crippen LogP contribution is 2.42. The molecule has 0 bridgehead atoms. The van der Waals surface area contributed by atoms with Gasteiger partial charge in [0.15, 0.2) is 0 Å². The molecule has 1 aliphatic carbocycles. The van der Waals surface area contributed by atoms with Crippen molar-refractivity contribution in [1.29, 1.82) is 0 Å². The van der Waals surface area contributed by atoms with Crippen molar-refractivity contribution in [3.05, 3.63) is 29.6 Å². The largest absolute Gasteiger partial charge is 0.416 e. The van der Waals surface area contributed by atoms with E-state index in [-0.39, 0.29) is 16.9 Å². The summed E-state index contributed by atoms with van der Waals surface area (Å²) in [5.41, 5.74) is -0.281. The minimum Gasteiger partial charge on any atom is -0.264 e. The van der Waals surface area contributed by atoms with Gasteiger partial charge in [0.1, 0.15) is 0 Å². The van der Waals surface area contributed by atoms with Gasteiger partial charge < -0.3 is 0 Å². The van der Waals surface area contributed by atoms with E-state index < -0.39 is 11.7 Å². The molecule has 0 radical (unpaired) electrons. The van der Waals surface area contributed by atoms with Crippen LogP contribution in [-0.2, 0) is 6.18 Å². The number of hydrogen-bond donors (Lipinski definition) is 0. The summed E-state index contributed by atoms with van der Waals surface area (Å²) >= 11 is 5.92. The molecule has 0 amide bonds. The van der Waals surface area contributed by atoms with Crippen LogP contribution in [0, 0.1) is 0 Å². The summed E-state index contributed by atoms with van der Waals surface area (Å²) in [5, 5.41) is -0.00807. The zero-order valence-electron chi connectivity index (χ0n) is 8.47. The number of aromatic nitrogens is 1. The molecule has 1 nitrogen and oxygen atoms in total. The summed E-state index contributed by atoms with van der Waals surface area (Å²) in [5.74, 6) is -0.104. The molecule has 2 rings (SSSR count).